The van der Waals surface area contributed by atoms with E-state index in [1.165, 1.54) is 0 Å². The maximum Gasteiger partial charge on any atom is 0.311 e. The smallest absolute Gasteiger partial charge is 0.311 e. The molecule has 0 amide bonds. The standard InChI is InChI=1S/C16H12FN9O3/c1-29-10-3-8(17)6(2-9(10)26(27)28)13-11-12(20)7(4-18)14(21)24-15(11)25-16(23-13)22-5-19/h2-3,13H,1H3,(H6,20,21,22,23,24,25). The summed E-state index contributed by atoms with van der Waals surface area (Å²) in [6, 6.07) is 2.34. The van der Waals surface area contributed by atoms with Crippen LogP contribution in [0.2, 0.25) is 0 Å². The number of benzene rings is 1. The van der Waals surface area contributed by atoms with Gasteiger partial charge in [0.1, 0.15) is 35.1 Å². The number of methoxy groups -OCH3 is 1. The molecule has 29 heavy (non-hydrogen) atoms. The van der Waals surface area contributed by atoms with Gasteiger partial charge in [0, 0.05) is 23.3 Å². The van der Waals surface area contributed by atoms with Crippen molar-refractivity contribution in [3.8, 4) is 18.0 Å². The molecular formula is C16H12FN9O3. The van der Waals surface area contributed by atoms with E-state index in [9.17, 15) is 19.8 Å². The lowest BCUT2D eigenvalue weighted by molar-refractivity contribution is -0.385. The van der Waals surface area contributed by atoms with E-state index < -0.39 is 22.5 Å². The number of fused-ring (bicyclic) bond motifs is 1. The second-order valence-electron chi connectivity index (χ2n) is 5.70. The predicted molar refractivity (Wildman–Crippen MR) is 99.0 cm³/mol. The van der Waals surface area contributed by atoms with Crippen LogP contribution in [0.25, 0.3) is 0 Å². The van der Waals surface area contributed by atoms with Gasteiger partial charge in [-0.15, -0.1) is 0 Å². The topological polar surface area (TPSA) is 201 Å². The van der Waals surface area contributed by atoms with Crippen LogP contribution in [0.15, 0.2) is 17.1 Å². The average Bonchev–Trinajstić information content (AvgIpc) is 2.67. The molecule has 1 aliphatic heterocycles. The van der Waals surface area contributed by atoms with Gasteiger partial charge < -0.3 is 21.5 Å². The number of nitro groups is 1. The molecule has 146 valence electrons. The minimum atomic E-state index is -1.26. The first kappa shape index (κ1) is 19.1. The summed E-state index contributed by atoms with van der Waals surface area (Å²) in [4.78, 5) is 18.8. The highest BCUT2D eigenvalue weighted by Crippen LogP contribution is 2.43. The summed E-state index contributed by atoms with van der Waals surface area (Å²) in [6.07, 6.45) is 1.65. The normalized spacial score (nSPS) is 14.5. The second kappa shape index (κ2) is 7.16. The minimum absolute atomic E-state index is 0.0228. The molecule has 1 aliphatic rings. The number of rotatable bonds is 3. The predicted octanol–water partition coefficient (Wildman–Crippen LogP) is 1.12. The highest BCUT2D eigenvalue weighted by Gasteiger charge is 2.33. The van der Waals surface area contributed by atoms with Crippen LogP contribution in [0, 0.1) is 38.7 Å². The molecule has 0 saturated carbocycles. The Balaban J connectivity index is 2.32. The summed E-state index contributed by atoms with van der Waals surface area (Å²) < 4.78 is 19.7. The van der Waals surface area contributed by atoms with Crippen molar-refractivity contribution >= 4 is 29.0 Å². The van der Waals surface area contributed by atoms with Crippen LogP contribution in [0.4, 0.5) is 27.4 Å². The van der Waals surface area contributed by atoms with Gasteiger partial charge in [-0.2, -0.15) is 10.5 Å². The molecule has 6 N–H and O–H groups in total. The third-order valence-corrected chi connectivity index (χ3v) is 4.15. The number of nitriles is 2. The Hall–Kier alpha value is -4.65. The van der Waals surface area contributed by atoms with E-state index in [-0.39, 0.29) is 45.7 Å². The molecule has 13 heteroatoms. The summed E-state index contributed by atoms with van der Waals surface area (Å²) in [5.74, 6) is -1.44. The lowest BCUT2D eigenvalue weighted by atomic mass is 9.94. The average molecular weight is 397 g/mol. The van der Waals surface area contributed by atoms with Crippen molar-refractivity contribution in [2.75, 3.05) is 23.9 Å². The first-order chi connectivity index (χ1) is 13.8. The lowest BCUT2D eigenvalue weighted by Crippen LogP contribution is -2.33. The SMILES string of the molecule is COc1cc(F)c(C2N=C(NC#N)Nc3nc(N)c(C#N)c(N)c32)cc1[N+](=O)[O-]. The van der Waals surface area contributed by atoms with E-state index in [1.54, 1.807) is 12.3 Å². The molecule has 1 aromatic carbocycles. The molecule has 3 rings (SSSR count). The summed E-state index contributed by atoms with van der Waals surface area (Å²) in [5, 5.41) is 34.4. The third-order valence-electron chi connectivity index (χ3n) is 4.15. The maximum atomic E-state index is 14.8. The quantitative estimate of drug-likeness (QED) is 0.251. The highest BCUT2D eigenvalue weighted by molar-refractivity contribution is 5.98. The number of ether oxygens (including phenoxy) is 1. The van der Waals surface area contributed by atoms with E-state index in [0.717, 1.165) is 19.2 Å². The van der Waals surface area contributed by atoms with Crippen molar-refractivity contribution < 1.29 is 14.1 Å². The van der Waals surface area contributed by atoms with Gasteiger partial charge >= 0.3 is 5.69 Å². The van der Waals surface area contributed by atoms with Crippen LogP contribution in [-0.2, 0) is 0 Å². The summed E-state index contributed by atoms with van der Waals surface area (Å²) >= 11 is 0. The van der Waals surface area contributed by atoms with Gasteiger partial charge in [-0.3, -0.25) is 15.4 Å². The lowest BCUT2D eigenvalue weighted by Gasteiger charge is -2.26. The largest absolute Gasteiger partial charge is 0.490 e. The fourth-order valence-corrected chi connectivity index (χ4v) is 2.88. The number of nitro benzene ring substituents is 1. The number of nitrogens with one attached hydrogen (secondary N) is 2. The number of halogens is 1. The number of aromatic nitrogens is 1. The first-order valence-electron chi connectivity index (χ1n) is 7.83. The molecular weight excluding hydrogens is 385 g/mol. The summed E-state index contributed by atoms with van der Waals surface area (Å²) in [5.41, 5.74) is 10.9. The summed E-state index contributed by atoms with van der Waals surface area (Å²) in [6.45, 7) is 0. The van der Waals surface area contributed by atoms with E-state index in [0.29, 0.717) is 0 Å². The molecule has 0 radical (unpaired) electrons. The van der Waals surface area contributed by atoms with Crippen LogP contribution in [0.1, 0.15) is 22.7 Å². The Kier molecular flexibility index (Phi) is 4.72. The molecule has 0 saturated heterocycles. The zero-order valence-electron chi connectivity index (χ0n) is 14.7. The molecule has 2 heterocycles. The molecule has 0 fully saturated rings. The van der Waals surface area contributed by atoms with Crippen molar-refractivity contribution in [1.29, 1.82) is 10.5 Å². The number of pyridine rings is 1. The third kappa shape index (κ3) is 3.13. The van der Waals surface area contributed by atoms with E-state index >= 15 is 0 Å². The van der Waals surface area contributed by atoms with Crippen molar-refractivity contribution in [2.24, 2.45) is 4.99 Å². The number of nitrogen functional groups attached to an aromatic ring is 2. The number of anilines is 3. The molecule has 1 atom stereocenters. The van der Waals surface area contributed by atoms with Crippen molar-refractivity contribution in [3.05, 3.63) is 44.8 Å². The Bertz CT molecular complexity index is 1150. The molecule has 0 bridgehead atoms. The fourth-order valence-electron chi connectivity index (χ4n) is 2.88. The van der Waals surface area contributed by atoms with Crippen LogP contribution >= 0.6 is 0 Å². The monoisotopic (exact) mass is 397 g/mol. The molecule has 2 aromatic rings. The van der Waals surface area contributed by atoms with E-state index in [1.807, 2.05) is 0 Å². The molecule has 1 aromatic heterocycles. The Labute approximate surface area is 162 Å². The summed E-state index contributed by atoms with van der Waals surface area (Å²) in [7, 11) is 1.16. The van der Waals surface area contributed by atoms with E-state index in [4.69, 9.17) is 21.5 Å². The molecule has 12 nitrogen and oxygen atoms in total. The zero-order valence-corrected chi connectivity index (χ0v) is 14.7. The number of nitrogens with zero attached hydrogens (tertiary/aromatic N) is 5. The number of guanidine groups is 1. The van der Waals surface area contributed by atoms with Gasteiger partial charge in [0.25, 0.3) is 0 Å². The van der Waals surface area contributed by atoms with Crippen LogP contribution in [0.3, 0.4) is 0 Å². The van der Waals surface area contributed by atoms with Crippen molar-refractivity contribution in [1.82, 2.24) is 10.3 Å². The molecule has 1 unspecified atom stereocenters. The van der Waals surface area contributed by atoms with Crippen LogP contribution in [0.5, 0.6) is 5.75 Å². The Morgan fingerprint density at radius 2 is 2.14 bits per heavy atom. The maximum absolute atomic E-state index is 14.8. The zero-order chi connectivity index (χ0) is 21.3. The number of hydrogen-bond acceptors (Lipinski definition) is 11. The van der Waals surface area contributed by atoms with Crippen LogP contribution in [-0.4, -0.2) is 23.0 Å². The molecule has 0 spiro atoms. The van der Waals surface area contributed by atoms with Gasteiger partial charge in [-0.05, 0) is 0 Å². The molecule has 0 aliphatic carbocycles. The van der Waals surface area contributed by atoms with Gasteiger partial charge in [0.2, 0.25) is 5.96 Å². The fraction of sp³-hybridized carbons (Fsp3) is 0.125. The number of aliphatic imine (C=N–C) groups is 1. The van der Waals surface area contributed by atoms with Crippen LogP contribution < -0.4 is 26.8 Å². The van der Waals surface area contributed by atoms with Crippen molar-refractivity contribution in [2.45, 2.75) is 6.04 Å². The van der Waals surface area contributed by atoms with Gasteiger partial charge in [-0.1, -0.05) is 0 Å². The van der Waals surface area contributed by atoms with Gasteiger partial charge in [-0.25, -0.2) is 14.4 Å². The number of hydrogen-bond donors (Lipinski definition) is 4. The Morgan fingerprint density at radius 3 is 2.72 bits per heavy atom. The highest BCUT2D eigenvalue weighted by atomic mass is 19.1. The van der Waals surface area contributed by atoms with Gasteiger partial charge in [0.15, 0.2) is 11.9 Å². The van der Waals surface area contributed by atoms with Gasteiger partial charge in [0.05, 0.1) is 17.7 Å². The minimum Gasteiger partial charge on any atom is -0.490 e. The number of nitrogens with two attached hydrogens (primary N) is 2. The van der Waals surface area contributed by atoms with E-state index in [2.05, 4.69) is 20.6 Å². The first-order valence-corrected chi connectivity index (χ1v) is 7.83. The second-order valence-corrected chi connectivity index (χ2v) is 5.70. The van der Waals surface area contributed by atoms with Crippen molar-refractivity contribution in [3.63, 3.8) is 0 Å². The Morgan fingerprint density at radius 1 is 1.41 bits per heavy atom.